The van der Waals surface area contributed by atoms with Crippen LogP contribution in [0.5, 0.6) is 0 Å². The van der Waals surface area contributed by atoms with Gasteiger partial charge in [-0.05, 0) is 51.0 Å². The normalized spacial score (nSPS) is 25.2. The molecule has 1 N–H and O–H groups in total. The van der Waals surface area contributed by atoms with Gasteiger partial charge in [-0.1, -0.05) is 0 Å². The van der Waals surface area contributed by atoms with Gasteiger partial charge in [-0.2, -0.15) is 4.31 Å². The Labute approximate surface area is 178 Å². The van der Waals surface area contributed by atoms with Crippen molar-refractivity contribution in [1.29, 1.82) is 0 Å². The third-order valence-electron chi connectivity index (χ3n) is 5.44. The highest BCUT2D eigenvalue weighted by molar-refractivity contribution is 7.89. The lowest BCUT2D eigenvalue weighted by atomic mass is 9.97. The van der Waals surface area contributed by atoms with Crippen molar-refractivity contribution in [2.45, 2.75) is 43.8 Å². The SMILES string of the molecule is CC1CN(S(=O)(=O)c2ccc(NC(=O)C3CCN(S(C)(=O)=O)CC3)cc2)CC(C)O1. The number of ether oxygens (including phenoxy) is 1. The number of nitrogens with one attached hydrogen (secondary N) is 1. The number of anilines is 1. The van der Waals surface area contributed by atoms with E-state index < -0.39 is 20.0 Å². The molecule has 3 rings (SSSR count). The van der Waals surface area contributed by atoms with Gasteiger partial charge in [0.25, 0.3) is 0 Å². The van der Waals surface area contributed by atoms with Crippen LogP contribution in [0.25, 0.3) is 0 Å². The first kappa shape index (κ1) is 23.1. The molecule has 2 atom stereocenters. The zero-order valence-corrected chi connectivity index (χ0v) is 19.1. The first-order chi connectivity index (χ1) is 14.0. The number of carbonyl (C=O) groups is 1. The highest BCUT2D eigenvalue weighted by Gasteiger charge is 2.32. The standard InChI is InChI=1S/C19H29N3O6S2/c1-14-12-22(13-15(2)28-14)30(26,27)18-6-4-17(5-7-18)20-19(23)16-8-10-21(11-9-16)29(3,24)25/h4-7,14-16H,8-13H2,1-3H3,(H,20,23). The average Bonchev–Trinajstić information content (AvgIpc) is 2.67. The van der Waals surface area contributed by atoms with E-state index in [0.717, 1.165) is 0 Å². The number of piperidine rings is 1. The van der Waals surface area contributed by atoms with E-state index in [1.54, 1.807) is 12.1 Å². The predicted molar refractivity (Wildman–Crippen MR) is 113 cm³/mol. The largest absolute Gasteiger partial charge is 0.373 e. The Hall–Kier alpha value is -1.53. The molecule has 2 heterocycles. The minimum Gasteiger partial charge on any atom is -0.373 e. The Bertz CT molecular complexity index is 960. The summed E-state index contributed by atoms with van der Waals surface area (Å²) in [6.07, 6.45) is 1.74. The van der Waals surface area contributed by atoms with Crippen LogP contribution in [-0.2, 0) is 29.6 Å². The molecule has 0 bridgehead atoms. The smallest absolute Gasteiger partial charge is 0.243 e. The predicted octanol–water partition coefficient (Wildman–Crippen LogP) is 1.09. The van der Waals surface area contributed by atoms with Crippen LogP contribution in [0.3, 0.4) is 0 Å². The lowest BCUT2D eigenvalue weighted by Gasteiger charge is -2.34. The van der Waals surface area contributed by atoms with Gasteiger partial charge in [0.15, 0.2) is 0 Å². The molecule has 2 unspecified atom stereocenters. The molecule has 2 fully saturated rings. The fourth-order valence-electron chi connectivity index (χ4n) is 3.88. The van der Waals surface area contributed by atoms with Gasteiger partial charge in [0, 0.05) is 37.8 Å². The van der Waals surface area contributed by atoms with Crippen LogP contribution in [-0.4, -0.2) is 76.0 Å². The zero-order chi connectivity index (χ0) is 22.1. The highest BCUT2D eigenvalue weighted by atomic mass is 32.2. The Morgan fingerprint density at radius 2 is 1.50 bits per heavy atom. The summed E-state index contributed by atoms with van der Waals surface area (Å²) in [5.41, 5.74) is 0.508. The second-order valence-corrected chi connectivity index (χ2v) is 11.9. The number of nitrogens with zero attached hydrogens (tertiary/aromatic N) is 2. The van der Waals surface area contributed by atoms with Crippen molar-refractivity contribution in [2.75, 3.05) is 37.8 Å². The number of benzene rings is 1. The van der Waals surface area contributed by atoms with Gasteiger partial charge < -0.3 is 10.1 Å². The Morgan fingerprint density at radius 1 is 0.967 bits per heavy atom. The minimum absolute atomic E-state index is 0.170. The first-order valence-corrected chi connectivity index (χ1v) is 13.3. The third-order valence-corrected chi connectivity index (χ3v) is 8.59. The van der Waals surface area contributed by atoms with E-state index in [0.29, 0.717) is 44.7 Å². The number of carbonyl (C=O) groups excluding carboxylic acids is 1. The quantitative estimate of drug-likeness (QED) is 0.705. The van der Waals surface area contributed by atoms with Crippen molar-refractivity contribution in [3.05, 3.63) is 24.3 Å². The summed E-state index contributed by atoms with van der Waals surface area (Å²) in [6, 6.07) is 6.12. The number of hydrogen-bond acceptors (Lipinski definition) is 6. The Balaban J connectivity index is 1.61. The maximum atomic E-state index is 12.9. The van der Waals surface area contributed by atoms with E-state index in [1.807, 2.05) is 13.8 Å². The molecular weight excluding hydrogens is 430 g/mol. The van der Waals surface area contributed by atoms with Gasteiger partial charge in [-0.25, -0.2) is 21.1 Å². The molecule has 0 aromatic heterocycles. The number of amides is 1. The molecule has 0 aliphatic carbocycles. The van der Waals surface area contributed by atoms with Crippen molar-refractivity contribution in [1.82, 2.24) is 8.61 Å². The molecule has 30 heavy (non-hydrogen) atoms. The molecule has 1 amide bonds. The van der Waals surface area contributed by atoms with Gasteiger partial charge in [0.1, 0.15) is 0 Å². The lowest BCUT2D eigenvalue weighted by Crippen LogP contribution is -2.48. The monoisotopic (exact) mass is 459 g/mol. The second-order valence-electron chi connectivity index (χ2n) is 8.03. The average molecular weight is 460 g/mol. The highest BCUT2D eigenvalue weighted by Crippen LogP contribution is 2.24. The van der Waals surface area contributed by atoms with Gasteiger partial charge >= 0.3 is 0 Å². The van der Waals surface area contributed by atoms with E-state index >= 15 is 0 Å². The summed E-state index contributed by atoms with van der Waals surface area (Å²) < 4.78 is 57.4. The van der Waals surface area contributed by atoms with Gasteiger partial charge in [0.05, 0.1) is 23.4 Å². The maximum absolute atomic E-state index is 12.9. The number of sulfonamides is 2. The maximum Gasteiger partial charge on any atom is 0.243 e. The van der Waals surface area contributed by atoms with Gasteiger partial charge in [-0.15, -0.1) is 0 Å². The molecule has 0 radical (unpaired) electrons. The van der Waals surface area contributed by atoms with E-state index in [9.17, 15) is 21.6 Å². The van der Waals surface area contributed by atoms with Crippen LogP contribution in [0.4, 0.5) is 5.69 Å². The Kier molecular flexibility index (Phi) is 6.87. The second kappa shape index (κ2) is 8.91. The third kappa shape index (κ3) is 5.38. The number of morpholine rings is 1. The molecule has 2 saturated heterocycles. The van der Waals surface area contributed by atoms with Crippen molar-refractivity contribution in [3.8, 4) is 0 Å². The van der Waals surface area contributed by atoms with Crippen LogP contribution in [0.2, 0.25) is 0 Å². The van der Waals surface area contributed by atoms with E-state index in [2.05, 4.69) is 5.32 Å². The summed E-state index contributed by atoms with van der Waals surface area (Å²) in [5.74, 6) is -0.461. The molecule has 0 saturated carbocycles. The summed E-state index contributed by atoms with van der Waals surface area (Å²) in [5, 5.41) is 2.80. The van der Waals surface area contributed by atoms with E-state index in [-0.39, 0.29) is 28.9 Å². The molecule has 9 nitrogen and oxygen atoms in total. The van der Waals surface area contributed by atoms with Gasteiger partial charge in [0.2, 0.25) is 26.0 Å². The van der Waals surface area contributed by atoms with Gasteiger partial charge in [-0.3, -0.25) is 4.79 Å². The molecule has 1 aromatic carbocycles. The lowest BCUT2D eigenvalue weighted by molar-refractivity contribution is -0.120. The van der Waals surface area contributed by atoms with Crippen molar-refractivity contribution >= 4 is 31.6 Å². The van der Waals surface area contributed by atoms with Crippen LogP contribution in [0.1, 0.15) is 26.7 Å². The summed E-state index contributed by atoms with van der Waals surface area (Å²) >= 11 is 0. The van der Waals surface area contributed by atoms with Crippen molar-refractivity contribution in [2.24, 2.45) is 5.92 Å². The summed E-state index contributed by atoms with van der Waals surface area (Å²) in [7, 11) is -6.87. The summed E-state index contributed by atoms with van der Waals surface area (Å²) in [4.78, 5) is 12.7. The summed E-state index contributed by atoms with van der Waals surface area (Å²) in [6.45, 7) is 4.94. The number of rotatable bonds is 5. The molecule has 11 heteroatoms. The van der Waals surface area contributed by atoms with E-state index in [1.165, 1.54) is 27.0 Å². The number of hydrogen-bond donors (Lipinski definition) is 1. The minimum atomic E-state index is -3.64. The van der Waals surface area contributed by atoms with E-state index in [4.69, 9.17) is 4.74 Å². The molecule has 2 aliphatic heterocycles. The molecule has 1 aromatic rings. The Morgan fingerprint density at radius 3 is 2.00 bits per heavy atom. The fraction of sp³-hybridized carbons (Fsp3) is 0.632. The fourth-order valence-corrected chi connectivity index (χ4v) is 6.34. The van der Waals surface area contributed by atoms with Crippen molar-refractivity contribution in [3.63, 3.8) is 0 Å². The molecule has 2 aliphatic rings. The molecule has 168 valence electrons. The van der Waals surface area contributed by atoms with Crippen LogP contribution < -0.4 is 5.32 Å². The molecular formula is C19H29N3O6S2. The first-order valence-electron chi connectivity index (χ1n) is 9.98. The zero-order valence-electron chi connectivity index (χ0n) is 17.4. The molecule has 0 spiro atoms. The van der Waals surface area contributed by atoms with Crippen LogP contribution >= 0.6 is 0 Å². The van der Waals surface area contributed by atoms with Crippen molar-refractivity contribution < 1.29 is 26.4 Å². The topological polar surface area (TPSA) is 113 Å². The van der Waals surface area contributed by atoms with Crippen LogP contribution in [0.15, 0.2) is 29.2 Å². The van der Waals surface area contributed by atoms with Crippen LogP contribution in [0, 0.1) is 5.92 Å².